The van der Waals surface area contributed by atoms with E-state index in [1.807, 2.05) is 0 Å². The van der Waals surface area contributed by atoms with Crippen molar-refractivity contribution < 1.29 is 19.4 Å². The molecular weight excluding hydrogens is 520 g/mol. The van der Waals surface area contributed by atoms with Crippen LogP contribution in [0.5, 0.6) is 0 Å². The zero-order chi connectivity index (χ0) is 30.6. The van der Waals surface area contributed by atoms with Gasteiger partial charge in [-0.25, -0.2) is 0 Å². The van der Waals surface area contributed by atoms with E-state index in [4.69, 9.17) is 9.84 Å². The van der Waals surface area contributed by atoms with E-state index >= 15 is 0 Å². The van der Waals surface area contributed by atoms with Crippen LogP contribution in [0.2, 0.25) is 0 Å². The van der Waals surface area contributed by atoms with Crippen LogP contribution in [-0.2, 0) is 14.3 Å². The first-order valence-electron chi connectivity index (χ1n) is 18.7. The zero-order valence-corrected chi connectivity index (χ0v) is 28.2. The Morgan fingerprint density at radius 2 is 0.786 bits per heavy atom. The molecule has 0 unspecified atom stereocenters. The number of hydrogen-bond donors (Lipinski definition) is 1. The summed E-state index contributed by atoms with van der Waals surface area (Å²) in [6, 6.07) is 0. The number of aliphatic carboxylic acids is 1. The number of ether oxygens (including phenoxy) is 1. The molecule has 4 nitrogen and oxygen atoms in total. The van der Waals surface area contributed by atoms with Crippen LogP contribution in [0.25, 0.3) is 0 Å². The molecule has 4 heteroatoms. The summed E-state index contributed by atoms with van der Waals surface area (Å²) in [7, 11) is 0. The van der Waals surface area contributed by atoms with Crippen LogP contribution in [0.3, 0.4) is 0 Å². The first-order chi connectivity index (χ1) is 20.7. The maximum absolute atomic E-state index is 11.9. The molecule has 1 N–H and O–H groups in total. The number of carboxylic acids is 1. The van der Waals surface area contributed by atoms with Crippen molar-refractivity contribution in [1.82, 2.24) is 0 Å². The lowest BCUT2D eigenvalue weighted by Gasteiger charge is -2.06. The fourth-order valence-electron chi connectivity index (χ4n) is 5.63. The fourth-order valence-corrected chi connectivity index (χ4v) is 5.63. The number of carbonyl (C=O) groups is 2. The summed E-state index contributed by atoms with van der Waals surface area (Å²) in [6.07, 6.45) is 43.7. The summed E-state index contributed by atoms with van der Waals surface area (Å²) in [4.78, 5) is 22.4. The highest BCUT2D eigenvalue weighted by Gasteiger charge is 2.03. The summed E-state index contributed by atoms with van der Waals surface area (Å²) in [5.74, 6) is -0.677. The van der Waals surface area contributed by atoms with Crippen LogP contribution in [0.1, 0.15) is 212 Å². The molecule has 0 aliphatic heterocycles. The molecule has 0 aliphatic rings. The average Bonchev–Trinajstić information content (AvgIpc) is 2.98. The van der Waals surface area contributed by atoms with Crippen LogP contribution >= 0.6 is 0 Å². The molecule has 0 aromatic rings. The van der Waals surface area contributed by atoms with Crippen molar-refractivity contribution in [3.63, 3.8) is 0 Å². The standard InChI is InChI=1S/C38H72O4/c1-2-3-4-5-6-7-8-9-10-11-12-13-14-15-16-20-23-26-29-32-35-38(41)42-36-33-30-27-24-21-18-17-19-22-25-28-31-34-37(39)40/h9-10H,2-8,11-36H2,1H3,(H,39,40)/b10-9-. The van der Waals surface area contributed by atoms with Crippen molar-refractivity contribution in [3.05, 3.63) is 12.2 Å². The van der Waals surface area contributed by atoms with E-state index < -0.39 is 5.97 Å². The highest BCUT2D eigenvalue weighted by Crippen LogP contribution is 2.14. The monoisotopic (exact) mass is 593 g/mol. The largest absolute Gasteiger partial charge is 0.481 e. The third kappa shape index (κ3) is 36.7. The molecule has 0 fully saturated rings. The lowest BCUT2D eigenvalue weighted by Crippen LogP contribution is -2.05. The van der Waals surface area contributed by atoms with Gasteiger partial charge in [0.1, 0.15) is 0 Å². The molecule has 0 heterocycles. The molecule has 0 spiro atoms. The van der Waals surface area contributed by atoms with Gasteiger partial charge in [-0.3, -0.25) is 9.59 Å². The molecule has 0 bridgehead atoms. The Kier molecular flexibility index (Phi) is 34.7. The van der Waals surface area contributed by atoms with Crippen LogP contribution < -0.4 is 0 Å². The number of hydrogen-bond acceptors (Lipinski definition) is 3. The molecule has 248 valence electrons. The van der Waals surface area contributed by atoms with Crippen molar-refractivity contribution in [2.24, 2.45) is 0 Å². The lowest BCUT2D eigenvalue weighted by atomic mass is 10.0. The van der Waals surface area contributed by atoms with Gasteiger partial charge in [0.15, 0.2) is 0 Å². The molecule has 0 saturated carbocycles. The first kappa shape index (κ1) is 40.7. The lowest BCUT2D eigenvalue weighted by molar-refractivity contribution is -0.144. The third-order valence-corrected chi connectivity index (χ3v) is 8.44. The molecule has 0 atom stereocenters. The van der Waals surface area contributed by atoms with Gasteiger partial charge in [0, 0.05) is 12.8 Å². The van der Waals surface area contributed by atoms with Gasteiger partial charge < -0.3 is 9.84 Å². The van der Waals surface area contributed by atoms with Gasteiger partial charge >= 0.3 is 11.9 Å². The van der Waals surface area contributed by atoms with E-state index in [9.17, 15) is 9.59 Å². The van der Waals surface area contributed by atoms with E-state index in [0.717, 1.165) is 38.5 Å². The Bertz CT molecular complexity index is 586. The average molecular weight is 593 g/mol. The smallest absolute Gasteiger partial charge is 0.305 e. The Morgan fingerprint density at radius 3 is 1.19 bits per heavy atom. The maximum atomic E-state index is 11.9. The minimum atomic E-state index is -0.673. The molecule has 0 amide bonds. The Hall–Kier alpha value is -1.32. The minimum Gasteiger partial charge on any atom is -0.481 e. The highest BCUT2D eigenvalue weighted by molar-refractivity contribution is 5.69. The summed E-state index contributed by atoms with van der Waals surface area (Å²) < 4.78 is 5.42. The van der Waals surface area contributed by atoms with Crippen LogP contribution in [0, 0.1) is 0 Å². The van der Waals surface area contributed by atoms with E-state index in [0.29, 0.717) is 19.4 Å². The predicted molar refractivity (Wildman–Crippen MR) is 181 cm³/mol. The van der Waals surface area contributed by atoms with Crippen LogP contribution in [0.15, 0.2) is 12.2 Å². The molecule has 0 radical (unpaired) electrons. The maximum Gasteiger partial charge on any atom is 0.305 e. The van der Waals surface area contributed by atoms with Crippen molar-refractivity contribution in [1.29, 1.82) is 0 Å². The first-order valence-corrected chi connectivity index (χ1v) is 18.7. The van der Waals surface area contributed by atoms with Crippen molar-refractivity contribution in [3.8, 4) is 0 Å². The van der Waals surface area contributed by atoms with Crippen LogP contribution in [0.4, 0.5) is 0 Å². The van der Waals surface area contributed by atoms with Gasteiger partial charge in [0.05, 0.1) is 6.61 Å². The number of unbranched alkanes of at least 4 members (excludes halogenated alkanes) is 27. The molecule has 0 aromatic carbocycles. The topological polar surface area (TPSA) is 63.6 Å². The highest BCUT2D eigenvalue weighted by atomic mass is 16.5. The SMILES string of the molecule is CCCCCCCC/C=C\CCCCCCCCCCCCC(=O)OCCCCCCCCCCCCCCC(=O)O. The molecule has 0 saturated heterocycles. The number of rotatable bonds is 35. The molecule has 0 aromatic heterocycles. The van der Waals surface area contributed by atoms with E-state index in [1.54, 1.807) is 0 Å². The summed E-state index contributed by atoms with van der Waals surface area (Å²) >= 11 is 0. The van der Waals surface area contributed by atoms with Gasteiger partial charge in [0.25, 0.3) is 0 Å². The Labute approximate surface area is 262 Å². The quantitative estimate of drug-likeness (QED) is 0.0451. The Morgan fingerprint density at radius 1 is 0.452 bits per heavy atom. The van der Waals surface area contributed by atoms with Gasteiger partial charge in [-0.15, -0.1) is 0 Å². The zero-order valence-electron chi connectivity index (χ0n) is 28.2. The second-order valence-electron chi connectivity index (χ2n) is 12.7. The van der Waals surface area contributed by atoms with Gasteiger partial charge in [0.2, 0.25) is 0 Å². The summed E-state index contributed by atoms with van der Waals surface area (Å²) in [5.41, 5.74) is 0. The molecular formula is C38H72O4. The van der Waals surface area contributed by atoms with Crippen molar-refractivity contribution in [2.75, 3.05) is 6.61 Å². The van der Waals surface area contributed by atoms with E-state index in [-0.39, 0.29) is 5.97 Å². The Balaban J connectivity index is 3.19. The molecule has 0 aliphatic carbocycles. The van der Waals surface area contributed by atoms with Gasteiger partial charge in [-0.1, -0.05) is 167 Å². The molecule has 42 heavy (non-hydrogen) atoms. The summed E-state index contributed by atoms with van der Waals surface area (Å²) in [6.45, 7) is 2.87. The van der Waals surface area contributed by atoms with Crippen molar-refractivity contribution >= 4 is 11.9 Å². The third-order valence-electron chi connectivity index (χ3n) is 8.44. The summed E-state index contributed by atoms with van der Waals surface area (Å²) in [5, 5.41) is 8.63. The number of allylic oxidation sites excluding steroid dienone is 2. The molecule has 0 rings (SSSR count). The second kappa shape index (κ2) is 35.9. The van der Waals surface area contributed by atoms with Crippen LogP contribution in [-0.4, -0.2) is 23.7 Å². The van der Waals surface area contributed by atoms with E-state index in [1.165, 1.54) is 154 Å². The minimum absolute atomic E-state index is 0.00443. The van der Waals surface area contributed by atoms with Crippen molar-refractivity contribution in [2.45, 2.75) is 212 Å². The second-order valence-corrected chi connectivity index (χ2v) is 12.7. The fraction of sp³-hybridized carbons (Fsp3) is 0.895. The number of carbonyl (C=O) groups excluding carboxylic acids is 1. The number of esters is 1. The van der Waals surface area contributed by atoms with Gasteiger partial charge in [-0.05, 0) is 44.9 Å². The normalized spacial score (nSPS) is 11.5. The number of carboxylic acid groups (broad SMARTS) is 1. The predicted octanol–water partition coefficient (Wildman–Crippen LogP) is 12.7. The van der Waals surface area contributed by atoms with Gasteiger partial charge in [-0.2, -0.15) is 0 Å². The van der Waals surface area contributed by atoms with E-state index in [2.05, 4.69) is 19.1 Å².